The second kappa shape index (κ2) is 2.95. The van der Waals surface area contributed by atoms with Crippen LogP contribution in [0, 0.1) is 11.3 Å². The largest absolute Gasteiger partial charge is 0.270 e. The van der Waals surface area contributed by atoms with Crippen molar-refractivity contribution in [2.24, 2.45) is 11.3 Å². The lowest BCUT2D eigenvalue weighted by Crippen LogP contribution is -2.44. The van der Waals surface area contributed by atoms with Crippen molar-refractivity contribution in [1.29, 1.82) is 0 Å². The highest BCUT2D eigenvalue weighted by Crippen LogP contribution is 2.58. The van der Waals surface area contributed by atoms with Crippen LogP contribution in [-0.4, -0.2) is 21.3 Å². The second-order valence-corrected chi connectivity index (χ2v) is 6.26. The van der Waals surface area contributed by atoms with Crippen molar-refractivity contribution in [3.8, 4) is 0 Å². The maximum Gasteiger partial charge on any atom is 0.264 e. The van der Waals surface area contributed by atoms with Crippen LogP contribution in [0.4, 0.5) is 0 Å². The lowest BCUT2D eigenvalue weighted by Gasteiger charge is -2.54. The van der Waals surface area contributed by atoms with Gasteiger partial charge in [-0.3, -0.25) is 4.18 Å². The molecule has 0 unspecified atom stereocenters. The minimum absolute atomic E-state index is 0.403. The van der Waals surface area contributed by atoms with E-state index in [2.05, 4.69) is 0 Å². The van der Waals surface area contributed by atoms with E-state index in [1.54, 1.807) is 0 Å². The molecule has 0 heterocycles. The van der Waals surface area contributed by atoms with E-state index in [-0.39, 0.29) is 0 Å². The van der Waals surface area contributed by atoms with Gasteiger partial charge in [-0.1, -0.05) is 6.42 Å². The fraction of sp³-hybridized carbons (Fsp3) is 1.00. The molecule has 0 radical (unpaired) electrons. The highest BCUT2D eigenvalue weighted by atomic mass is 32.2. The second-order valence-electron chi connectivity index (χ2n) is 4.62. The Balaban J connectivity index is 1.70. The van der Waals surface area contributed by atoms with Gasteiger partial charge >= 0.3 is 0 Å². The van der Waals surface area contributed by atoms with Crippen LogP contribution in [0.5, 0.6) is 0 Å². The molecular weight excluding hydrogens is 188 g/mol. The van der Waals surface area contributed by atoms with Crippen LogP contribution in [0.3, 0.4) is 0 Å². The van der Waals surface area contributed by atoms with Gasteiger partial charge in [0.15, 0.2) is 0 Å². The van der Waals surface area contributed by atoms with E-state index in [1.807, 2.05) is 0 Å². The molecule has 0 atom stereocenters. The lowest BCUT2D eigenvalue weighted by atomic mass is 9.52. The smallest absolute Gasteiger partial charge is 0.264 e. The number of hydrogen-bond acceptors (Lipinski definition) is 3. The van der Waals surface area contributed by atoms with Gasteiger partial charge in [-0.25, -0.2) is 0 Å². The summed E-state index contributed by atoms with van der Waals surface area (Å²) in [5.74, 6) is 0.495. The van der Waals surface area contributed by atoms with Gasteiger partial charge in [0.05, 0.1) is 12.9 Å². The minimum Gasteiger partial charge on any atom is -0.270 e. The summed E-state index contributed by atoms with van der Waals surface area (Å²) in [4.78, 5) is 0. The summed E-state index contributed by atoms with van der Waals surface area (Å²) in [5.41, 5.74) is 0.617. The van der Waals surface area contributed by atoms with Crippen LogP contribution >= 0.6 is 0 Å². The monoisotopic (exact) mass is 204 g/mol. The first-order valence-corrected chi connectivity index (χ1v) is 6.65. The Morgan fingerprint density at radius 1 is 1.38 bits per heavy atom. The molecule has 2 aliphatic rings. The van der Waals surface area contributed by atoms with Gasteiger partial charge in [-0.15, -0.1) is 0 Å². The quantitative estimate of drug-likeness (QED) is 0.655. The highest BCUT2D eigenvalue weighted by molar-refractivity contribution is 7.85. The Hall–Kier alpha value is -0.0900. The van der Waals surface area contributed by atoms with Crippen LogP contribution in [0.1, 0.15) is 32.1 Å². The van der Waals surface area contributed by atoms with Gasteiger partial charge in [0, 0.05) is 0 Å². The Morgan fingerprint density at radius 2 is 2.00 bits per heavy atom. The van der Waals surface area contributed by atoms with Crippen LogP contribution in [0.25, 0.3) is 0 Å². The number of hydrogen-bond donors (Lipinski definition) is 0. The molecule has 2 saturated carbocycles. The Kier molecular flexibility index (Phi) is 2.15. The summed E-state index contributed by atoms with van der Waals surface area (Å²) in [6.45, 7) is 0.403. The van der Waals surface area contributed by atoms with Crippen molar-refractivity contribution in [3.63, 3.8) is 0 Å². The molecule has 0 amide bonds. The van der Waals surface area contributed by atoms with Crippen molar-refractivity contribution in [1.82, 2.24) is 0 Å². The molecule has 1 spiro atoms. The van der Waals surface area contributed by atoms with Gasteiger partial charge in [-0.2, -0.15) is 8.42 Å². The molecule has 0 saturated heterocycles. The molecule has 0 bridgehead atoms. The fourth-order valence-electron chi connectivity index (χ4n) is 2.59. The van der Waals surface area contributed by atoms with Gasteiger partial charge in [0.2, 0.25) is 0 Å². The van der Waals surface area contributed by atoms with E-state index in [9.17, 15) is 8.42 Å². The van der Waals surface area contributed by atoms with Crippen molar-refractivity contribution >= 4 is 10.1 Å². The maximum absolute atomic E-state index is 10.7. The van der Waals surface area contributed by atoms with Gasteiger partial charge in [-0.05, 0) is 37.0 Å². The Labute approximate surface area is 79.6 Å². The summed E-state index contributed by atoms with van der Waals surface area (Å²) in [7, 11) is -3.22. The molecule has 2 aliphatic carbocycles. The normalized spacial score (nSPS) is 26.8. The molecule has 0 aromatic carbocycles. The minimum atomic E-state index is -3.22. The summed E-state index contributed by atoms with van der Waals surface area (Å²) in [6, 6.07) is 0. The molecule has 2 fully saturated rings. The van der Waals surface area contributed by atoms with Crippen molar-refractivity contribution < 1.29 is 12.6 Å². The van der Waals surface area contributed by atoms with E-state index >= 15 is 0 Å². The molecule has 0 aromatic rings. The van der Waals surface area contributed by atoms with Crippen molar-refractivity contribution in [2.45, 2.75) is 32.1 Å². The van der Waals surface area contributed by atoms with Gasteiger partial charge in [0.1, 0.15) is 0 Å². The zero-order valence-electron chi connectivity index (χ0n) is 7.95. The zero-order valence-corrected chi connectivity index (χ0v) is 8.77. The fourth-order valence-corrected chi connectivity index (χ4v) is 3.03. The molecule has 2 rings (SSSR count). The summed E-state index contributed by atoms with van der Waals surface area (Å²) < 4.78 is 26.2. The van der Waals surface area contributed by atoms with Crippen LogP contribution < -0.4 is 0 Å². The van der Waals surface area contributed by atoms with E-state index in [0.29, 0.717) is 17.9 Å². The maximum atomic E-state index is 10.7. The van der Waals surface area contributed by atoms with Crippen LogP contribution in [0.2, 0.25) is 0 Å². The SMILES string of the molecule is CS(=O)(=O)OCC1CC2(CCC2)C1. The molecule has 0 aliphatic heterocycles. The average molecular weight is 204 g/mol. The topological polar surface area (TPSA) is 43.4 Å². The molecule has 4 heteroatoms. The molecule has 0 N–H and O–H groups in total. The van der Waals surface area contributed by atoms with Crippen LogP contribution in [-0.2, 0) is 14.3 Å². The standard InChI is InChI=1S/C9H16O3S/c1-13(10,11)12-7-8-5-9(6-8)3-2-4-9/h8H,2-7H2,1H3. The first-order valence-electron chi connectivity index (χ1n) is 4.84. The zero-order chi connectivity index (χ0) is 9.53. The predicted octanol–water partition coefficient (Wildman–Crippen LogP) is 1.54. The summed E-state index contributed by atoms with van der Waals surface area (Å²) in [6.07, 6.45) is 7.54. The first kappa shape index (κ1) is 9.46. The average Bonchev–Trinajstić information content (AvgIpc) is 1.77. The van der Waals surface area contributed by atoms with Crippen molar-refractivity contribution in [3.05, 3.63) is 0 Å². The molecule has 0 aromatic heterocycles. The molecule has 13 heavy (non-hydrogen) atoms. The van der Waals surface area contributed by atoms with E-state index in [1.165, 1.54) is 32.1 Å². The lowest BCUT2D eigenvalue weighted by molar-refractivity contribution is -0.0407. The third-order valence-electron chi connectivity index (χ3n) is 3.38. The predicted molar refractivity (Wildman–Crippen MR) is 49.8 cm³/mol. The number of rotatable bonds is 3. The third kappa shape index (κ3) is 2.05. The summed E-state index contributed by atoms with van der Waals surface area (Å²) >= 11 is 0. The Morgan fingerprint density at radius 3 is 2.38 bits per heavy atom. The van der Waals surface area contributed by atoms with Gasteiger partial charge < -0.3 is 0 Å². The van der Waals surface area contributed by atoms with E-state index < -0.39 is 10.1 Å². The Bertz CT molecular complexity index is 282. The molecule has 3 nitrogen and oxygen atoms in total. The molecule has 76 valence electrons. The first-order chi connectivity index (χ1) is 5.99. The van der Waals surface area contributed by atoms with E-state index in [4.69, 9.17) is 4.18 Å². The summed E-state index contributed by atoms with van der Waals surface area (Å²) in [5, 5.41) is 0. The third-order valence-corrected chi connectivity index (χ3v) is 3.94. The van der Waals surface area contributed by atoms with Gasteiger partial charge in [0.25, 0.3) is 10.1 Å². The van der Waals surface area contributed by atoms with Crippen LogP contribution in [0.15, 0.2) is 0 Å². The van der Waals surface area contributed by atoms with Crippen molar-refractivity contribution in [2.75, 3.05) is 12.9 Å². The highest BCUT2D eigenvalue weighted by Gasteiger charge is 2.48. The van der Waals surface area contributed by atoms with E-state index in [0.717, 1.165) is 6.26 Å². The molecular formula is C9H16O3S.